The van der Waals surface area contributed by atoms with E-state index in [1.54, 1.807) is 29.6 Å². The van der Waals surface area contributed by atoms with Crippen molar-refractivity contribution in [2.45, 2.75) is 13.5 Å². The molecule has 1 aromatic heterocycles. The highest BCUT2D eigenvalue weighted by atomic mass is 35.5. The monoisotopic (exact) mass is 429 g/mol. The van der Waals surface area contributed by atoms with E-state index in [4.69, 9.17) is 16.3 Å². The zero-order valence-electron chi connectivity index (χ0n) is 15.8. The number of carbonyl (C=O) groups is 2. The molecule has 0 bridgehead atoms. The van der Waals surface area contributed by atoms with E-state index in [1.165, 1.54) is 11.3 Å². The molecule has 6 nitrogen and oxygen atoms in total. The summed E-state index contributed by atoms with van der Waals surface area (Å²) in [5.74, 6) is 0.176. The number of hydrogen-bond donors (Lipinski definition) is 2. The lowest BCUT2D eigenvalue weighted by Crippen LogP contribution is -2.34. The lowest BCUT2D eigenvalue weighted by atomic mass is 10.2. The first kappa shape index (κ1) is 20.8. The van der Waals surface area contributed by atoms with Crippen LogP contribution in [0, 0.1) is 6.92 Å². The number of nitrogens with one attached hydrogen (secondary N) is 2. The van der Waals surface area contributed by atoms with Crippen molar-refractivity contribution in [3.63, 3.8) is 0 Å². The van der Waals surface area contributed by atoms with E-state index in [9.17, 15) is 9.59 Å². The first-order valence-electron chi connectivity index (χ1n) is 8.98. The Bertz CT molecular complexity index is 989. The maximum absolute atomic E-state index is 12.2. The van der Waals surface area contributed by atoms with Gasteiger partial charge >= 0.3 is 0 Å². The van der Waals surface area contributed by atoms with Crippen molar-refractivity contribution < 1.29 is 14.3 Å². The lowest BCUT2D eigenvalue weighted by Gasteiger charge is -2.07. The molecule has 0 saturated heterocycles. The average Bonchev–Trinajstić information content (AvgIpc) is 3.20. The minimum atomic E-state index is -0.296. The number of benzene rings is 2. The summed E-state index contributed by atoms with van der Waals surface area (Å²) in [5.41, 5.74) is 1.89. The molecule has 0 atom stereocenters. The number of aromatic nitrogens is 1. The molecule has 0 unspecified atom stereocenters. The van der Waals surface area contributed by atoms with Crippen molar-refractivity contribution in [3.05, 3.63) is 80.8 Å². The molecule has 2 aromatic carbocycles. The summed E-state index contributed by atoms with van der Waals surface area (Å²) >= 11 is 7.35. The molecular weight excluding hydrogens is 410 g/mol. The highest BCUT2D eigenvalue weighted by molar-refractivity contribution is 7.09. The molecule has 1 heterocycles. The zero-order valence-corrected chi connectivity index (χ0v) is 17.3. The molecule has 0 aliphatic rings. The molecule has 0 saturated carbocycles. The average molecular weight is 430 g/mol. The van der Waals surface area contributed by atoms with E-state index < -0.39 is 0 Å². The van der Waals surface area contributed by atoms with Gasteiger partial charge in [-0.3, -0.25) is 9.59 Å². The predicted octanol–water partition coefficient (Wildman–Crippen LogP) is 3.84. The molecule has 3 rings (SSSR count). The van der Waals surface area contributed by atoms with Gasteiger partial charge in [-0.25, -0.2) is 4.98 Å². The van der Waals surface area contributed by atoms with Crippen molar-refractivity contribution in [1.82, 2.24) is 15.6 Å². The molecule has 3 aromatic rings. The Hall–Kier alpha value is -2.90. The number of aryl methyl sites for hydroxylation is 1. The molecule has 0 radical (unpaired) electrons. The maximum atomic E-state index is 12.2. The summed E-state index contributed by atoms with van der Waals surface area (Å²) in [5, 5.41) is 8.23. The van der Waals surface area contributed by atoms with Gasteiger partial charge in [-0.05, 0) is 31.2 Å². The van der Waals surface area contributed by atoms with Crippen LogP contribution in [-0.2, 0) is 6.61 Å². The van der Waals surface area contributed by atoms with E-state index in [0.717, 1.165) is 11.3 Å². The van der Waals surface area contributed by atoms with Crippen LogP contribution >= 0.6 is 22.9 Å². The number of amides is 2. The first-order chi connectivity index (χ1) is 14.0. The molecule has 0 fully saturated rings. The third-order valence-corrected chi connectivity index (χ3v) is 5.13. The van der Waals surface area contributed by atoms with Crippen LogP contribution in [0.4, 0.5) is 0 Å². The number of nitrogens with zero attached hydrogens (tertiary/aromatic N) is 1. The second-order valence-electron chi connectivity index (χ2n) is 6.22. The van der Waals surface area contributed by atoms with Crippen LogP contribution in [0.2, 0.25) is 5.02 Å². The Labute approximate surface area is 177 Å². The topological polar surface area (TPSA) is 80.3 Å². The third-order valence-electron chi connectivity index (χ3n) is 3.98. The van der Waals surface area contributed by atoms with Gasteiger partial charge in [0.05, 0.1) is 10.6 Å². The summed E-state index contributed by atoms with van der Waals surface area (Å²) in [6, 6.07) is 14.5. The second-order valence-corrected chi connectivity index (χ2v) is 7.57. The van der Waals surface area contributed by atoms with E-state index in [1.807, 2.05) is 31.2 Å². The molecular formula is C21H20ClN3O3S. The van der Waals surface area contributed by atoms with Crippen LogP contribution in [-0.4, -0.2) is 29.9 Å². The quantitative estimate of drug-likeness (QED) is 0.533. The number of halogens is 1. The molecule has 8 heteroatoms. The van der Waals surface area contributed by atoms with Crippen molar-refractivity contribution in [3.8, 4) is 5.75 Å². The van der Waals surface area contributed by atoms with Gasteiger partial charge in [0, 0.05) is 18.5 Å². The van der Waals surface area contributed by atoms with Gasteiger partial charge in [-0.2, -0.15) is 0 Å². The van der Waals surface area contributed by atoms with Crippen LogP contribution in [0.1, 0.15) is 31.4 Å². The van der Waals surface area contributed by atoms with Crippen molar-refractivity contribution >= 4 is 34.8 Å². The van der Waals surface area contributed by atoms with Gasteiger partial charge in [0.25, 0.3) is 11.8 Å². The van der Waals surface area contributed by atoms with E-state index >= 15 is 0 Å². The Balaban J connectivity index is 1.41. The van der Waals surface area contributed by atoms with Crippen LogP contribution in [0.25, 0.3) is 0 Å². The van der Waals surface area contributed by atoms with Gasteiger partial charge in [0.2, 0.25) is 0 Å². The van der Waals surface area contributed by atoms with Gasteiger partial charge in [-0.15, -0.1) is 11.3 Å². The fraction of sp³-hybridized carbons (Fsp3) is 0.190. The van der Waals surface area contributed by atoms with Gasteiger partial charge in [-0.1, -0.05) is 41.4 Å². The summed E-state index contributed by atoms with van der Waals surface area (Å²) in [6.07, 6.45) is 0. The van der Waals surface area contributed by atoms with E-state index in [2.05, 4.69) is 15.6 Å². The van der Waals surface area contributed by atoms with Crippen LogP contribution in [0.3, 0.4) is 0 Å². The van der Waals surface area contributed by atoms with Crippen molar-refractivity contribution in [2.75, 3.05) is 13.1 Å². The van der Waals surface area contributed by atoms with E-state index in [0.29, 0.717) is 27.9 Å². The second kappa shape index (κ2) is 10.0. The summed E-state index contributed by atoms with van der Waals surface area (Å²) in [7, 11) is 0. The molecule has 150 valence electrons. The summed E-state index contributed by atoms with van der Waals surface area (Å²) in [4.78, 5) is 28.5. The molecule has 0 spiro atoms. The fourth-order valence-corrected chi connectivity index (χ4v) is 3.35. The number of ether oxygens (including phenoxy) is 1. The Morgan fingerprint density at radius 3 is 2.45 bits per heavy atom. The van der Waals surface area contributed by atoms with Gasteiger partial charge in [0.1, 0.15) is 23.1 Å². The summed E-state index contributed by atoms with van der Waals surface area (Å²) in [6.45, 7) is 2.87. The van der Waals surface area contributed by atoms with Crippen LogP contribution in [0.5, 0.6) is 5.75 Å². The predicted molar refractivity (Wildman–Crippen MR) is 114 cm³/mol. The smallest absolute Gasteiger partial charge is 0.270 e. The number of carbonyl (C=O) groups excluding carboxylic acids is 2. The highest BCUT2D eigenvalue weighted by Crippen LogP contribution is 2.16. The van der Waals surface area contributed by atoms with Gasteiger partial charge in [0.15, 0.2) is 0 Å². The number of rotatable bonds is 8. The minimum absolute atomic E-state index is 0.280. The molecule has 0 aliphatic carbocycles. The third kappa shape index (κ3) is 6.04. The molecule has 2 amide bonds. The molecule has 2 N–H and O–H groups in total. The van der Waals surface area contributed by atoms with Crippen LogP contribution in [0.15, 0.2) is 53.9 Å². The van der Waals surface area contributed by atoms with Crippen molar-refractivity contribution in [1.29, 1.82) is 0 Å². The fourth-order valence-electron chi connectivity index (χ4n) is 2.44. The summed E-state index contributed by atoms with van der Waals surface area (Å²) < 4.78 is 5.67. The van der Waals surface area contributed by atoms with Crippen LogP contribution < -0.4 is 15.4 Å². The number of hydrogen-bond acceptors (Lipinski definition) is 5. The standard InChI is InChI=1S/C21H20ClN3O3S/c1-14-6-8-15(9-7-14)28-12-19-25-18(13-29-19)21(27)24-11-10-23-20(26)16-4-2-3-5-17(16)22/h2-9,13H,10-12H2,1H3,(H,23,26)(H,24,27). The Morgan fingerprint density at radius 1 is 1.03 bits per heavy atom. The van der Waals surface area contributed by atoms with Gasteiger partial charge < -0.3 is 15.4 Å². The minimum Gasteiger partial charge on any atom is -0.486 e. The first-order valence-corrected chi connectivity index (χ1v) is 10.2. The van der Waals surface area contributed by atoms with E-state index in [-0.39, 0.29) is 24.9 Å². The zero-order chi connectivity index (χ0) is 20.6. The Morgan fingerprint density at radius 2 is 1.72 bits per heavy atom. The SMILES string of the molecule is Cc1ccc(OCc2nc(C(=O)NCCNC(=O)c3ccccc3Cl)cs2)cc1. The normalized spacial score (nSPS) is 10.4. The number of thiazole rings is 1. The Kier molecular flexibility index (Phi) is 7.21. The molecule has 0 aliphatic heterocycles. The molecule has 29 heavy (non-hydrogen) atoms. The lowest BCUT2D eigenvalue weighted by molar-refractivity contribution is 0.0925. The van der Waals surface area contributed by atoms with Crippen molar-refractivity contribution in [2.24, 2.45) is 0 Å². The maximum Gasteiger partial charge on any atom is 0.270 e. The largest absolute Gasteiger partial charge is 0.486 e. The highest BCUT2D eigenvalue weighted by Gasteiger charge is 2.12.